The van der Waals surface area contributed by atoms with Crippen LogP contribution in [-0.2, 0) is 11.3 Å². The standard InChI is InChI=1S/C13H19FN2O/c1-10(3-2-8-15)13(17)16-9-11-4-6-12(14)7-5-11/h4-7,10H,2-3,8-9,15H2,1H3,(H,16,17). The first-order valence-corrected chi connectivity index (χ1v) is 5.85. The van der Waals surface area contributed by atoms with E-state index in [1.807, 2.05) is 6.92 Å². The van der Waals surface area contributed by atoms with Crippen LogP contribution < -0.4 is 11.1 Å². The fourth-order valence-electron chi connectivity index (χ4n) is 1.52. The molecule has 0 radical (unpaired) electrons. The maximum Gasteiger partial charge on any atom is 0.223 e. The molecular formula is C13H19FN2O. The Morgan fingerprint density at radius 1 is 1.41 bits per heavy atom. The Morgan fingerprint density at radius 2 is 2.06 bits per heavy atom. The first kappa shape index (κ1) is 13.6. The average molecular weight is 238 g/mol. The molecule has 1 unspecified atom stereocenters. The molecule has 94 valence electrons. The van der Waals surface area contributed by atoms with Crippen molar-refractivity contribution in [1.29, 1.82) is 0 Å². The maximum absolute atomic E-state index is 12.7. The molecule has 1 rings (SSSR count). The van der Waals surface area contributed by atoms with Crippen LogP contribution >= 0.6 is 0 Å². The lowest BCUT2D eigenvalue weighted by molar-refractivity contribution is -0.124. The number of benzene rings is 1. The van der Waals surface area contributed by atoms with Crippen LogP contribution in [0.2, 0.25) is 0 Å². The summed E-state index contributed by atoms with van der Waals surface area (Å²) in [6, 6.07) is 6.11. The minimum absolute atomic E-state index is 0.0165. The molecule has 0 fully saturated rings. The number of hydrogen-bond donors (Lipinski definition) is 2. The van der Waals surface area contributed by atoms with Gasteiger partial charge in [0.1, 0.15) is 5.82 Å². The van der Waals surface area contributed by atoms with E-state index in [0.29, 0.717) is 13.1 Å². The molecule has 17 heavy (non-hydrogen) atoms. The van der Waals surface area contributed by atoms with Crippen LogP contribution in [-0.4, -0.2) is 12.5 Å². The van der Waals surface area contributed by atoms with E-state index >= 15 is 0 Å². The minimum atomic E-state index is -0.267. The van der Waals surface area contributed by atoms with Crippen LogP contribution in [0.4, 0.5) is 4.39 Å². The van der Waals surface area contributed by atoms with E-state index in [1.165, 1.54) is 12.1 Å². The Bertz CT molecular complexity index is 351. The van der Waals surface area contributed by atoms with Crippen molar-refractivity contribution in [2.75, 3.05) is 6.54 Å². The van der Waals surface area contributed by atoms with Crippen LogP contribution in [0.3, 0.4) is 0 Å². The maximum atomic E-state index is 12.7. The zero-order valence-corrected chi connectivity index (χ0v) is 10.1. The van der Waals surface area contributed by atoms with Gasteiger partial charge < -0.3 is 11.1 Å². The normalized spacial score (nSPS) is 12.2. The fourth-order valence-corrected chi connectivity index (χ4v) is 1.52. The number of nitrogens with two attached hydrogens (primary N) is 1. The number of rotatable bonds is 6. The molecule has 0 heterocycles. The first-order chi connectivity index (χ1) is 8.13. The van der Waals surface area contributed by atoms with Crippen molar-refractivity contribution >= 4 is 5.91 Å². The van der Waals surface area contributed by atoms with Gasteiger partial charge in [0.2, 0.25) is 5.91 Å². The van der Waals surface area contributed by atoms with Crippen molar-refractivity contribution in [1.82, 2.24) is 5.32 Å². The van der Waals surface area contributed by atoms with E-state index < -0.39 is 0 Å². The zero-order valence-electron chi connectivity index (χ0n) is 10.1. The van der Waals surface area contributed by atoms with Crippen LogP contribution in [0.1, 0.15) is 25.3 Å². The lowest BCUT2D eigenvalue weighted by atomic mass is 10.0. The molecule has 0 bridgehead atoms. The summed E-state index contributed by atoms with van der Waals surface area (Å²) in [7, 11) is 0. The molecule has 0 aromatic heterocycles. The zero-order chi connectivity index (χ0) is 12.7. The van der Waals surface area contributed by atoms with Gasteiger partial charge in [0.15, 0.2) is 0 Å². The lowest BCUT2D eigenvalue weighted by Gasteiger charge is -2.11. The van der Waals surface area contributed by atoms with Gasteiger partial charge in [-0.05, 0) is 37.1 Å². The molecule has 0 spiro atoms. The van der Waals surface area contributed by atoms with E-state index in [2.05, 4.69) is 5.32 Å². The second-order valence-electron chi connectivity index (χ2n) is 4.18. The largest absolute Gasteiger partial charge is 0.352 e. The summed E-state index contributed by atoms with van der Waals surface area (Å²) in [4.78, 5) is 11.7. The lowest BCUT2D eigenvalue weighted by Crippen LogP contribution is -2.29. The van der Waals surface area contributed by atoms with Gasteiger partial charge >= 0.3 is 0 Å². The van der Waals surface area contributed by atoms with E-state index in [1.54, 1.807) is 12.1 Å². The van der Waals surface area contributed by atoms with Gasteiger partial charge in [-0.15, -0.1) is 0 Å². The van der Waals surface area contributed by atoms with Gasteiger partial charge in [-0.3, -0.25) is 4.79 Å². The monoisotopic (exact) mass is 238 g/mol. The third-order valence-corrected chi connectivity index (χ3v) is 2.67. The molecule has 0 saturated carbocycles. The Kier molecular flexibility index (Phi) is 5.63. The third kappa shape index (κ3) is 4.95. The highest BCUT2D eigenvalue weighted by atomic mass is 19.1. The smallest absolute Gasteiger partial charge is 0.223 e. The highest BCUT2D eigenvalue weighted by Gasteiger charge is 2.11. The second kappa shape index (κ2) is 7.01. The van der Waals surface area contributed by atoms with Gasteiger partial charge in [0, 0.05) is 12.5 Å². The average Bonchev–Trinajstić information content (AvgIpc) is 2.34. The topological polar surface area (TPSA) is 55.1 Å². The summed E-state index contributed by atoms with van der Waals surface area (Å²) in [6.45, 7) is 2.93. The van der Waals surface area contributed by atoms with Crippen LogP contribution in [0.15, 0.2) is 24.3 Å². The van der Waals surface area contributed by atoms with Crippen molar-refractivity contribution in [3.63, 3.8) is 0 Å². The van der Waals surface area contributed by atoms with E-state index in [4.69, 9.17) is 5.73 Å². The number of hydrogen-bond acceptors (Lipinski definition) is 2. The molecular weight excluding hydrogens is 219 g/mol. The Labute approximate surface area is 101 Å². The van der Waals surface area contributed by atoms with Crippen molar-refractivity contribution in [3.05, 3.63) is 35.6 Å². The van der Waals surface area contributed by atoms with Crippen molar-refractivity contribution in [3.8, 4) is 0 Å². The molecule has 1 amide bonds. The van der Waals surface area contributed by atoms with Crippen LogP contribution in [0.25, 0.3) is 0 Å². The Hall–Kier alpha value is -1.42. The van der Waals surface area contributed by atoms with Gasteiger partial charge in [-0.25, -0.2) is 4.39 Å². The molecule has 3 nitrogen and oxygen atoms in total. The van der Waals surface area contributed by atoms with Crippen LogP contribution in [0, 0.1) is 11.7 Å². The molecule has 1 aromatic rings. The molecule has 0 aliphatic heterocycles. The SMILES string of the molecule is CC(CCCN)C(=O)NCc1ccc(F)cc1. The number of nitrogens with one attached hydrogen (secondary N) is 1. The summed E-state index contributed by atoms with van der Waals surface area (Å²) in [5.41, 5.74) is 6.28. The highest BCUT2D eigenvalue weighted by molar-refractivity contribution is 5.78. The Morgan fingerprint density at radius 3 is 2.65 bits per heavy atom. The molecule has 0 saturated heterocycles. The van der Waals surface area contributed by atoms with Gasteiger partial charge in [-0.1, -0.05) is 19.1 Å². The van der Waals surface area contributed by atoms with Gasteiger partial charge in [0.05, 0.1) is 0 Å². The summed E-state index contributed by atoms with van der Waals surface area (Å²) in [6.07, 6.45) is 1.65. The summed E-state index contributed by atoms with van der Waals surface area (Å²) >= 11 is 0. The van der Waals surface area contributed by atoms with E-state index in [-0.39, 0.29) is 17.6 Å². The van der Waals surface area contributed by atoms with Gasteiger partial charge in [-0.2, -0.15) is 0 Å². The van der Waals surface area contributed by atoms with Crippen LogP contribution in [0.5, 0.6) is 0 Å². The minimum Gasteiger partial charge on any atom is -0.352 e. The van der Waals surface area contributed by atoms with Crippen molar-refractivity contribution < 1.29 is 9.18 Å². The summed E-state index contributed by atoms with van der Waals surface area (Å²) in [5.74, 6) is -0.279. The molecule has 3 N–H and O–H groups in total. The van der Waals surface area contributed by atoms with Crippen molar-refractivity contribution in [2.45, 2.75) is 26.3 Å². The van der Waals surface area contributed by atoms with E-state index in [9.17, 15) is 9.18 Å². The summed E-state index contributed by atoms with van der Waals surface area (Å²) < 4.78 is 12.7. The number of amides is 1. The number of carbonyl (C=O) groups is 1. The first-order valence-electron chi connectivity index (χ1n) is 5.85. The second-order valence-corrected chi connectivity index (χ2v) is 4.18. The number of carbonyl (C=O) groups excluding carboxylic acids is 1. The molecule has 1 atom stereocenters. The Balaban J connectivity index is 2.34. The van der Waals surface area contributed by atoms with Crippen molar-refractivity contribution in [2.24, 2.45) is 11.7 Å². The summed E-state index contributed by atoms with van der Waals surface area (Å²) in [5, 5.41) is 2.82. The predicted molar refractivity (Wildman–Crippen MR) is 65.7 cm³/mol. The predicted octanol–water partition coefficient (Wildman–Crippen LogP) is 1.82. The van der Waals surface area contributed by atoms with E-state index in [0.717, 1.165) is 18.4 Å². The fraction of sp³-hybridized carbons (Fsp3) is 0.462. The molecule has 0 aliphatic rings. The third-order valence-electron chi connectivity index (χ3n) is 2.67. The highest BCUT2D eigenvalue weighted by Crippen LogP contribution is 2.06. The molecule has 1 aromatic carbocycles. The quantitative estimate of drug-likeness (QED) is 0.794. The van der Waals surface area contributed by atoms with Gasteiger partial charge in [0.25, 0.3) is 0 Å². The number of halogens is 1. The molecule has 4 heteroatoms. The molecule has 0 aliphatic carbocycles.